The summed E-state index contributed by atoms with van der Waals surface area (Å²) in [6.45, 7) is 6.01. The third-order valence-electron chi connectivity index (χ3n) is 7.59. The highest BCUT2D eigenvalue weighted by Crippen LogP contribution is 2.46. The molecule has 1 saturated carbocycles. The molecule has 0 bridgehead atoms. The second kappa shape index (κ2) is 10.1. The van der Waals surface area contributed by atoms with Crippen molar-refractivity contribution in [1.82, 2.24) is 19.6 Å². The molecule has 1 aliphatic carbocycles. The predicted molar refractivity (Wildman–Crippen MR) is 135 cm³/mol. The Balaban J connectivity index is 1.38. The molecule has 5 rings (SSSR count). The lowest BCUT2D eigenvalue weighted by Gasteiger charge is -2.41. The maximum atomic E-state index is 14.4. The van der Waals surface area contributed by atoms with Crippen LogP contribution in [0.2, 0.25) is 0 Å². The maximum Gasteiger partial charge on any atom is 0.338 e. The number of ether oxygens (including phenoxy) is 2. The molecular formula is C28H33FN4O4. The molecule has 0 amide bonds. The Labute approximate surface area is 215 Å². The zero-order chi connectivity index (χ0) is 26.2. The number of aromatic nitrogens is 4. The number of aryl methyl sites for hydroxylation is 3. The van der Waals surface area contributed by atoms with Crippen molar-refractivity contribution < 1.29 is 23.8 Å². The summed E-state index contributed by atoms with van der Waals surface area (Å²) in [5.41, 5.74) is 1.88. The van der Waals surface area contributed by atoms with Crippen molar-refractivity contribution in [2.24, 2.45) is 5.92 Å². The van der Waals surface area contributed by atoms with Crippen LogP contribution in [0.15, 0.2) is 35.6 Å². The number of halogens is 1. The number of aliphatic hydroxyl groups excluding tert-OH is 1. The smallest absolute Gasteiger partial charge is 0.338 e. The van der Waals surface area contributed by atoms with Gasteiger partial charge in [0.05, 0.1) is 12.2 Å². The molecular weight excluding hydrogens is 475 g/mol. The number of fused-ring (bicyclic) bond motifs is 1. The number of aliphatic hydroxyl groups is 1. The number of nitrogens with zero attached hydrogens (tertiary/aromatic N) is 4. The van der Waals surface area contributed by atoms with E-state index in [4.69, 9.17) is 9.47 Å². The lowest BCUT2D eigenvalue weighted by Crippen LogP contribution is -2.46. The Morgan fingerprint density at radius 1 is 1.22 bits per heavy atom. The molecule has 1 aliphatic heterocycles. The fourth-order valence-corrected chi connectivity index (χ4v) is 5.76. The summed E-state index contributed by atoms with van der Waals surface area (Å²) in [6, 6.07) is 6.86. The van der Waals surface area contributed by atoms with Crippen LogP contribution in [0.4, 0.5) is 4.39 Å². The minimum Gasteiger partial charge on any atom is -0.512 e. The number of carbonyl (C=O) groups excluding carboxylic acids is 1. The van der Waals surface area contributed by atoms with E-state index in [1.807, 2.05) is 32.9 Å². The van der Waals surface area contributed by atoms with Gasteiger partial charge in [0.25, 0.3) is 5.78 Å². The first kappa shape index (κ1) is 25.2. The summed E-state index contributed by atoms with van der Waals surface area (Å²) in [4.78, 5) is 22.2. The number of rotatable bonds is 8. The largest absolute Gasteiger partial charge is 0.512 e. The van der Waals surface area contributed by atoms with Crippen LogP contribution in [0.3, 0.4) is 0 Å². The van der Waals surface area contributed by atoms with Crippen molar-refractivity contribution in [3.05, 3.63) is 64.2 Å². The van der Waals surface area contributed by atoms with Crippen LogP contribution in [0.5, 0.6) is 5.75 Å². The number of esters is 1. The van der Waals surface area contributed by atoms with Gasteiger partial charge in [-0.1, -0.05) is 18.9 Å². The van der Waals surface area contributed by atoms with Gasteiger partial charge in [-0.3, -0.25) is 0 Å². The Kier molecular flexibility index (Phi) is 6.88. The minimum absolute atomic E-state index is 0.0285. The van der Waals surface area contributed by atoms with Crippen LogP contribution >= 0.6 is 0 Å². The standard InChI is InChI=1S/C28H33FN4O4/c1-4-36-24-10-9-19(14-22(24)29)11-12-28(20-7-5-6-8-20)16-23(34)21(26(35)37-28)15-25-31-27-30-17(2)13-18(3)33(27)32-25/h9-10,13-14,20,34H,4-8,11-12,15-16H2,1-3H3. The molecule has 1 unspecified atom stereocenters. The molecule has 1 fully saturated rings. The fourth-order valence-electron chi connectivity index (χ4n) is 5.76. The van der Waals surface area contributed by atoms with E-state index < -0.39 is 17.4 Å². The van der Waals surface area contributed by atoms with Crippen LogP contribution in [-0.4, -0.2) is 42.9 Å². The molecule has 0 radical (unpaired) electrons. The lowest BCUT2D eigenvalue weighted by atomic mass is 9.76. The molecule has 1 aromatic carbocycles. The molecule has 0 saturated heterocycles. The molecule has 2 aliphatic rings. The monoisotopic (exact) mass is 508 g/mol. The van der Waals surface area contributed by atoms with E-state index >= 15 is 0 Å². The van der Waals surface area contributed by atoms with Gasteiger partial charge in [-0.25, -0.2) is 18.7 Å². The first-order valence-electron chi connectivity index (χ1n) is 13.0. The minimum atomic E-state index is -0.822. The third-order valence-corrected chi connectivity index (χ3v) is 7.59. The molecule has 3 aromatic rings. The number of cyclic esters (lactones) is 1. The molecule has 196 valence electrons. The summed E-state index contributed by atoms with van der Waals surface area (Å²) in [6.07, 6.45) is 5.33. The molecule has 0 spiro atoms. The number of carbonyl (C=O) groups is 1. The SMILES string of the molecule is CCOc1ccc(CCC2(C3CCCC3)CC(O)=C(Cc3nc4nc(C)cc(C)n4n3)C(=O)O2)cc1F. The van der Waals surface area contributed by atoms with Gasteiger partial charge in [0.1, 0.15) is 11.4 Å². The third kappa shape index (κ3) is 5.04. The van der Waals surface area contributed by atoms with Gasteiger partial charge >= 0.3 is 5.97 Å². The number of hydrogen-bond acceptors (Lipinski definition) is 7. The lowest BCUT2D eigenvalue weighted by molar-refractivity contribution is -0.167. The van der Waals surface area contributed by atoms with Crippen LogP contribution in [-0.2, 0) is 22.4 Å². The van der Waals surface area contributed by atoms with Crippen LogP contribution in [0, 0.1) is 25.6 Å². The average molecular weight is 509 g/mol. The Bertz CT molecular complexity index is 1360. The second-order valence-electron chi connectivity index (χ2n) is 10.2. The van der Waals surface area contributed by atoms with E-state index in [9.17, 15) is 14.3 Å². The molecule has 8 nitrogen and oxygen atoms in total. The van der Waals surface area contributed by atoms with Crippen LogP contribution < -0.4 is 4.74 Å². The number of benzene rings is 1. The molecule has 2 aromatic heterocycles. The predicted octanol–water partition coefficient (Wildman–Crippen LogP) is 5.14. The van der Waals surface area contributed by atoms with Gasteiger partial charge < -0.3 is 14.6 Å². The Hall–Kier alpha value is -3.49. The summed E-state index contributed by atoms with van der Waals surface area (Å²) < 4.78 is 27.6. The highest BCUT2D eigenvalue weighted by molar-refractivity contribution is 5.90. The Morgan fingerprint density at radius 3 is 2.70 bits per heavy atom. The van der Waals surface area contributed by atoms with Gasteiger partial charge in [-0.2, -0.15) is 4.98 Å². The normalized spacial score (nSPS) is 20.6. The summed E-state index contributed by atoms with van der Waals surface area (Å²) in [5.74, 6) is 0.328. The average Bonchev–Trinajstić information content (AvgIpc) is 3.53. The quantitative estimate of drug-likeness (QED) is 0.421. The highest BCUT2D eigenvalue weighted by Gasteiger charge is 2.48. The topological polar surface area (TPSA) is 98.8 Å². The van der Waals surface area contributed by atoms with Gasteiger partial charge in [0.2, 0.25) is 0 Å². The van der Waals surface area contributed by atoms with E-state index in [0.717, 1.165) is 42.6 Å². The van der Waals surface area contributed by atoms with Gasteiger partial charge in [-0.05, 0) is 76.1 Å². The van der Waals surface area contributed by atoms with Gasteiger partial charge in [-0.15, -0.1) is 5.10 Å². The first-order chi connectivity index (χ1) is 17.8. The summed E-state index contributed by atoms with van der Waals surface area (Å²) in [5, 5.41) is 15.6. The van der Waals surface area contributed by atoms with Crippen molar-refractivity contribution in [1.29, 1.82) is 0 Å². The van der Waals surface area contributed by atoms with E-state index in [-0.39, 0.29) is 35.8 Å². The fraction of sp³-hybridized carbons (Fsp3) is 0.500. The van der Waals surface area contributed by atoms with Crippen LogP contribution in [0.1, 0.15) is 68.2 Å². The van der Waals surface area contributed by atoms with Gasteiger partial charge in [0.15, 0.2) is 17.4 Å². The molecule has 3 heterocycles. The van der Waals surface area contributed by atoms with E-state index in [1.54, 1.807) is 10.6 Å². The molecule has 37 heavy (non-hydrogen) atoms. The first-order valence-corrected chi connectivity index (χ1v) is 13.0. The Morgan fingerprint density at radius 2 is 2.00 bits per heavy atom. The molecule has 1 N–H and O–H groups in total. The van der Waals surface area contributed by atoms with Crippen molar-refractivity contribution in [3.63, 3.8) is 0 Å². The van der Waals surface area contributed by atoms with Crippen LogP contribution in [0.25, 0.3) is 5.78 Å². The van der Waals surface area contributed by atoms with Gasteiger partial charge in [0, 0.05) is 24.2 Å². The van der Waals surface area contributed by atoms with Crippen molar-refractivity contribution in [2.75, 3.05) is 6.61 Å². The molecule has 1 atom stereocenters. The summed E-state index contributed by atoms with van der Waals surface area (Å²) >= 11 is 0. The zero-order valence-electron chi connectivity index (χ0n) is 21.6. The molecule has 9 heteroatoms. The number of hydrogen-bond donors (Lipinski definition) is 1. The van der Waals surface area contributed by atoms with E-state index in [0.29, 0.717) is 31.1 Å². The summed E-state index contributed by atoms with van der Waals surface area (Å²) in [7, 11) is 0. The van der Waals surface area contributed by atoms with Crippen molar-refractivity contribution in [3.8, 4) is 5.75 Å². The van der Waals surface area contributed by atoms with E-state index in [1.165, 1.54) is 6.07 Å². The van der Waals surface area contributed by atoms with Crippen molar-refractivity contribution >= 4 is 11.7 Å². The second-order valence-corrected chi connectivity index (χ2v) is 10.2. The zero-order valence-corrected chi connectivity index (χ0v) is 21.6. The van der Waals surface area contributed by atoms with Crippen molar-refractivity contribution in [2.45, 2.75) is 77.7 Å². The van der Waals surface area contributed by atoms with E-state index in [2.05, 4.69) is 15.1 Å². The maximum absolute atomic E-state index is 14.4. The highest BCUT2D eigenvalue weighted by atomic mass is 19.1.